The van der Waals surface area contributed by atoms with Crippen molar-refractivity contribution < 1.29 is 0 Å². The van der Waals surface area contributed by atoms with Gasteiger partial charge in [-0.2, -0.15) is 0 Å². The Morgan fingerprint density at radius 3 is 2.18 bits per heavy atom. The quantitative estimate of drug-likeness (QED) is 0.839. The lowest BCUT2D eigenvalue weighted by molar-refractivity contribution is 0.158. The Morgan fingerprint density at radius 1 is 1.18 bits per heavy atom. The van der Waals surface area contributed by atoms with Gasteiger partial charge in [0.1, 0.15) is 0 Å². The maximum absolute atomic E-state index is 6.53. The molecular formula is C16H25N. The molecule has 0 aromatic heterocycles. The lowest BCUT2D eigenvalue weighted by atomic mass is 9.58. The highest BCUT2D eigenvalue weighted by Gasteiger charge is 2.44. The minimum absolute atomic E-state index is 0.258. The summed E-state index contributed by atoms with van der Waals surface area (Å²) < 4.78 is 0. The van der Waals surface area contributed by atoms with E-state index in [1.165, 1.54) is 24.8 Å². The van der Waals surface area contributed by atoms with Crippen LogP contribution in [-0.4, -0.2) is 6.04 Å². The molecule has 1 aromatic rings. The Hall–Kier alpha value is -0.820. The zero-order chi connectivity index (χ0) is 12.5. The molecule has 1 heteroatoms. The fourth-order valence-corrected chi connectivity index (χ4v) is 3.06. The van der Waals surface area contributed by atoms with Crippen LogP contribution in [0.15, 0.2) is 30.3 Å². The Morgan fingerprint density at radius 2 is 1.76 bits per heavy atom. The van der Waals surface area contributed by atoms with Crippen LogP contribution in [0, 0.1) is 5.41 Å². The first-order chi connectivity index (χ1) is 7.94. The zero-order valence-electron chi connectivity index (χ0n) is 11.4. The molecule has 94 valence electrons. The maximum atomic E-state index is 6.53. The van der Waals surface area contributed by atoms with Gasteiger partial charge in [-0.25, -0.2) is 0 Å². The highest BCUT2D eigenvalue weighted by Crippen LogP contribution is 2.48. The van der Waals surface area contributed by atoms with Crippen molar-refractivity contribution in [1.82, 2.24) is 0 Å². The van der Waals surface area contributed by atoms with Gasteiger partial charge in [0, 0.05) is 11.5 Å². The molecule has 0 spiro atoms. The monoisotopic (exact) mass is 231 g/mol. The van der Waals surface area contributed by atoms with Gasteiger partial charge in [0.2, 0.25) is 0 Å². The summed E-state index contributed by atoms with van der Waals surface area (Å²) in [5.74, 6) is 0. The molecule has 17 heavy (non-hydrogen) atoms. The predicted molar refractivity (Wildman–Crippen MR) is 74.0 cm³/mol. The van der Waals surface area contributed by atoms with E-state index < -0.39 is 0 Å². The van der Waals surface area contributed by atoms with Gasteiger partial charge >= 0.3 is 0 Å². The summed E-state index contributed by atoms with van der Waals surface area (Å²) in [4.78, 5) is 0. The van der Waals surface area contributed by atoms with E-state index in [-0.39, 0.29) is 5.41 Å². The maximum Gasteiger partial charge on any atom is 0.0141 e. The largest absolute Gasteiger partial charge is 0.327 e. The molecule has 1 aliphatic carbocycles. The molecule has 0 radical (unpaired) electrons. The summed E-state index contributed by atoms with van der Waals surface area (Å²) in [6.07, 6.45) is 4.94. The predicted octanol–water partition coefficient (Wildman–Crippen LogP) is 3.87. The van der Waals surface area contributed by atoms with E-state index in [0.717, 1.165) is 6.42 Å². The lowest BCUT2D eigenvalue weighted by Crippen LogP contribution is -2.51. The van der Waals surface area contributed by atoms with Crippen molar-refractivity contribution in [3.05, 3.63) is 35.9 Å². The zero-order valence-corrected chi connectivity index (χ0v) is 11.4. The third-order valence-corrected chi connectivity index (χ3v) is 4.14. The van der Waals surface area contributed by atoms with Crippen LogP contribution in [0.25, 0.3) is 0 Å². The van der Waals surface area contributed by atoms with Gasteiger partial charge in [-0.3, -0.25) is 0 Å². The van der Waals surface area contributed by atoms with Gasteiger partial charge in [-0.1, -0.05) is 57.5 Å². The molecule has 1 saturated carbocycles. The van der Waals surface area contributed by atoms with Gasteiger partial charge in [-0.05, 0) is 30.2 Å². The second kappa shape index (κ2) is 4.45. The summed E-state index contributed by atoms with van der Waals surface area (Å²) in [5, 5.41) is 0. The minimum Gasteiger partial charge on any atom is -0.327 e. The van der Waals surface area contributed by atoms with E-state index in [0.29, 0.717) is 11.5 Å². The molecule has 2 rings (SSSR count). The molecule has 0 saturated heterocycles. The van der Waals surface area contributed by atoms with E-state index in [1.807, 2.05) is 0 Å². The first-order valence-electron chi connectivity index (χ1n) is 6.75. The summed E-state index contributed by atoms with van der Waals surface area (Å²) in [5.41, 5.74) is 8.55. The van der Waals surface area contributed by atoms with Crippen molar-refractivity contribution in [2.45, 2.75) is 57.9 Å². The van der Waals surface area contributed by atoms with E-state index in [1.54, 1.807) is 0 Å². The molecule has 1 nitrogen and oxygen atoms in total. The highest BCUT2D eigenvalue weighted by atomic mass is 14.7. The van der Waals surface area contributed by atoms with Crippen molar-refractivity contribution >= 4 is 0 Å². The van der Waals surface area contributed by atoms with Crippen LogP contribution in [0.1, 0.15) is 52.0 Å². The fourth-order valence-electron chi connectivity index (χ4n) is 3.06. The summed E-state index contributed by atoms with van der Waals surface area (Å²) >= 11 is 0. The van der Waals surface area contributed by atoms with Crippen LogP contribution in [0.4, 0.5) is 0 Å². The average Bonchev–Trinajstić information content (AvgIpc) is 2.14. The number of nitrogens with two attached hydrogens (primary N) is 1. The Kier molecular flexibility index (Phi) is 3.31. The molecule has 0 heterocycles. The molecule has 1 aliphatic rings. The molecule has 1 aromatic carbocycles. The van der Waals surface area contributed by atoms with Gasteiger partial charge in [0.25, 0.3) is 0 Å². The van der Waals surface area contributed by atoms with Crippen LogP contribution < -0.4 is 5.73 Å². The van der Waals surface area contributed by atoms with Crippen molar-refractivity contribution in [3.63, 3.8) is 0 Å². The van der Waals surface area contributed by atoms with E-state index in [4.69, 9.17) is 5.73 Å². The highest BCUT2D eigenvalue weighted by molar-refractivity contribution is 5.30. The van der Waals surface area contributed by atoms with Crippen LogP contribution in [-0.2, 0) is 5.41 Å². The van der Waals surface area contributed by atoms with Gasteiger partial charge < -0.3 is 5.73 Å². The third kappa shape index (κ3) is 2.55. The van der Waals surface area contributed by atoms with Crippen LogP contribution in [0.2, 0.25) is 0 Å². The van der Waals surface area contributed by atoms with E-state index >= 15 is 0 Å². The Labute approximate surface area is 105 Å². The van der Waals surface area contributed by atoms with Crippen molar-refractivity contribution in [1.29, 1.82) is 0 Å². The van der Waals surface area contributed by atoms with Crippen molar-refractivity contribution in [3.8, 4) is 0 Å². The summed E-state index contributed by atoms with van der Waals surface area (Å²) in [6, 6.07) is 11.2. The van der Waals surface area contributed by atoms with Crippen molar-refractivity contribution in [2.24, 2.45) is 11.1 Å². The van der Waals surface area contributed by atoms with E-state index in [9.17, 15) is 0 Å². The second-order valence-electron chi connectivity index (χ2n) is 6.75. The molecule has 0 amide bonds. The minimum atomic E-state index is 0.258. The average molecular weight is 231 g/mol. The third-order valence-electron chi connectivity index (χ3n) is 4.14. The molecule has 0 aliphatic heterocycles. The summed E-state index contributed by atoms with van der Waals surface area (Å²) in [7, 11) is 0. The molecule has 1 atom stereocenters. The first-order valence-corrected chi connectivity index (χ1v) is 6.75. The van der Waals surface area contributed by atoms with E-state index in [2.05, 4.69) is 51.1 Å². The Bertz CT molecular complexity index is 357. The Balaban J connectivity index is 2.21. The number of hydrogen-bond donors (Lipinski definition) is 1. The fraction of sp³-hybridized carbons (Fsp3) is 0.625. The molecule has 0 bridgehead atoms. The molecule has 1 unspecified atom stereocenters. The molecular weight excluding hydrogens is 206 g/mol. The normalized spacial score (nSPS) is 20.7. The number of benzene rings is 1. The lowest BCUT2D eigenvalue weighted by Gasteiger charge is -2.48. The smallest absolute Gasteiger partial charge is 0.0141 e. The van der Waals surface area contributed by atoms with Crippen LogP contribution >= 0.6 is 0 Å². The number of hydrogen-bond acceptors (Lipinski definition) is 1. The topological polar surface area (TPSA) is 26.0 Å². The van der Waals surface area contributed by atoms with Crippen LogP contribution in [0.5, 0.6) is 0 Å². The second-order valence-corrected chi connectivity index (χ2v) is 6.75. The standard InChI is InChI=1S/C16H25N/c1-15(2,3)12-14(17)16(10-7-11-16)13-8-5-4-6-9-13/h4-6,8-9,14H,7,10-12,17H2,1-3H3. The van der Waals surface area contributed by atoms with Gasteiger partial charge in [0.15, 0.2) is 0 Å². The molecule has 2 N–H and O–H groups in total. The van der Waals surface area contributed by atoms with Gasteiger partial charge in [-0.15, -0.1) is 0 Å². The summed E-state index contributed by atoms with van der Waals surface area (Å²) in [6.45, 7) is 6.85. The first kappa shape index (κ1) is 12.6. The van der Waals surface area contributed by atoms with Gasteiger partial charge in [0.05, 0.1) is 0 Å². The molecule has 1 fully saturated rings. The van der Waals surface area contributed by atoms with Crippen molar-refractivity contribution in [2.75, 3.05) is 0 Å². The number of rotatable bonds is 3. The SMILES string of the molecule is CC(C)(C)CC(N)C1(c2ccccc2)CCC1. The van der Waals surface area contributed by atoms with Crippen LogP contribution in [0.3, 0.4) is 0 Å².